The van der Waals surface area contributed by atoms with Crippen LogP contribution in [0.3, 0.4) is 0 Å². The fourth-order valence-electron chi connectivity index (χ4n) is 2.22. The molecule has 0 aliphatic carbocycles. The third-order valence-corrected chi connectivity index (χ3v) is 3.16. The van der Waals surface area contributed by atoms with Gasteiger partial charge in [-0.15, -0.1) is 0 Å². The predicted octanol–water partition coefficient (Wildman–Crippen LogP) is 2.17. The van der Waals surface area contributed by atoms with Gasteiger partial charge in [-0.1, -0.05) is 0 Å². The zero-order valence-electron chi connectivity index (χ0n) is 11.4. The maximum atomic E-state index is 12.1. The van der Waals surface area contributed by atoms with E-state index in [-0.39, 0.29) is 17.6 Å². The van der Waals surface area contributed by atoms with Crippen LogP contribution in [0.2, 0.25) is 0 Å². The van der Waals surface area contributed by atoms with Gasteiger partial charge in [-0.05, 0) is 35.9 Å². The summed E-state index contributed by atoms with van der Waals surface area (Å²) in [6.45, 7) is 0.319. The summed E-state index contributed by atoms with van der Waals surface area (Å²) in [7, 11) is 1.56. The van der Waals surface area contributed by atoms with E-state index in [9.17, 15) is 9.59 Å². The van der Waals surface area contributed by atoms with Crippen molar-refractivity contribution < 1.29 is 18.7 Å². The zero-order chi connectivity index (χ0) is 14.8. The van der Waals surface area contributed by atoms with Crippen molar-refractivity contribution in [3.05, 3.63) is 47.4 Å². The number of hydrogen-bond acceptors (Lipinski definition) is 4. The predicted molar refractivity (Wildman–Crippen MR) is 76.1 cm³/mol. The Morgan fingerprint density at radius 1 is 1.38 bits per heavy atom. The van der Waals surface area contributed by atoms with Gasteiger partial charge in [0.15, 0.2) is 5.76 Å². The van der Waals surface area contributed by atoms with E-state index in [1.807, 2.05) is 0 Å². The minimum Gasteiger partial charge on any atom is -0.453 e. The lowest BCUT2D eigenvalue weighted by Crippen LogP contribution is -2.11. The number of benzene rings is 1. The molecule has 1 aromatic carbocycles. The zero-order valence-corrected chi connectivity index (χ0v) is 11.4. The van der Waals surface area contributed by atoms with Crippen LogP contribution in [0.25, 0.3) is 0 Å². The molecule has 0 spiro atoms. The van der Waals surface area contributed by atoms with Crippen LogP contribution in [0.5, 0.6) is 0 Å². The van der Waals surface area contributed by atoms with E-state index in [1.165, 1.54) is 0 Å². The molecule has 3 rings (SSSR count). The molecule has 2 amide bonds. The maximum Gasteiger partial charge on any atom is 0.291 e. The number of amides is 2. The molecule has 2 heterocycles. The maximum absolute atomic E-state index is 12.1. The van der Waals surface area contributed by atoms with Gasteiger partial charge in [0.05, 0.1) is 6.42 Å². The SMILES string of the molecule is COCc1ccc(C(=O)Nc2ccc3c(c2)CC(=O)N3)o1. The first-order chi connectivity index (χ1) is 10.2. The van der Waals surface area contributed by atoms with Crippen molar-refractivity contribution in [2.24, 2.45) is 0 Å². The van der Waals surface area contributed by atoms with E-state index < -0.39 is 0 Å². The first-order valence-electron chi connectivity index (χ1n) is 6.47. The quantitative estimate of drug-likeness (QED) is 0.902. The van der Waals surface area contributed by atoms with Gasteiger partial charge in [0.25, 0.3) is 5.91 Å². The summed E-state index contributed by atoms with van der Waals surface area (Å²) in [5.74, 6) is 0.432. The Bertz CT molecular complexity index is 705. The lowest BCUT2D eigenvalue weighted by Gasteiger charge is -2.05. The Hall–Kier alpha value is -2.60. The average Bonchev–Trinajstić information content (AvgIpc) is 3.04. The molecule has 6 nitrogen and oxygen atoms in total. The first-order valence-corrected chi connectivity index (χ1v) is 6.47. The highest BCUT2D eigenvalue weighted by molar-refractivity contribution is 6.03. The van der Waals surface area contributed by atoms with Crippen molar-refractivity contribution in [2.75, 3.05) is 17.7 Å². The van der Waals surface area contributed by atoms with Crippen molar-refractivity contribution in [2.45, 2.75) is 13.0 Å². The molecule has 0 saturated heterocycles. The largest absolute Gasteiger partial charge is 0.453 e. The number of carbonyl (C=O) groups is 2. The number of furan rings is 1. The molecule has 0 fully saturated rings. The second-order valence-electron chi connectivity index (χ2n) is 4.75. The van der Waals surface area contributed by atoms with E-state index in [0.29, 0.717) is 24.5 Å². The average molecular weight is 286 g/mol. The van der Waals surface area contributed by atoms with Gasteiger partial charge in [0.2, 0.25) is 5.91 Å². The molecule has 0 radical (unpaired) electrons. The van der Waals surface area contributed by atoms with Gasteiger partial charge in [-0.2, -0.15) is 0 Å². The third-order valence-electron chi connectivity index (χ3n) is 3.16. The Balaban J connectivity index is 1.72. The van der Waals surface area contributed by atoms with Crippen LogP contribution in [-0.2, 0) is 22.6 Å². The van der Waals surface area contributed by atoms with Crippen LogP contribution in [0, 0.1) is 0 Å². The summed E-state index contributed by atoms with van der Waals surface area (Å²) < 4.78 is 10.3. The Kier molecular flexibility index (Phi) is 3.45. The second-order valence-corrected chi connectivity index (χ2v) is 4.75. The van der Waals surface area contributed by atoms with E-state index in [1.54, 1.807) is 37.4 Å². The molecule has 2 aromatic rings. The monoisotopic (exact) mass is 286 g/mol. The van der Waals surface area contributed by atoms with Gasteiger partial charge in [0, 0.05) is 18.5 Å². The van der Waals surface area contributed by atoms with Crippen molar-refractivity contribution in [1.82, 2.24) is 0 Å². The molecule has 0 bridgehead atoms. The summed E-state index contributed by atoms with van der Waals surface area (Å²) in [5.41, 5.74) is 2.29. The number of rotatable bonds is 4. The number of carbonyl (C=O) groups excluding carboxylic acids is 2. The van der Waals surface area contributed by atoms with Crippen LogP contribution in [0.1, 0.15) is 21.9 Å². The normalized spacial score (nSPS) is 12.9. The van der Waals surface area contributed by atoms with E-state index >= 15 is 0 Å². The highest BCUT2D eigenvalue weighted by atomic mass is 16.5. The third kappa shape index (κ3) is 2.80. The van der Waals surface area contributed by atoms with Crippen molar-refractivity contribution >= 4 is 23.2 Å². The molecule has 1 aromatic heterocycles. The Labute approximate surface area is 121 Å². The molecule has 1 aliphatic rings. The van der Waals surface area contributed by atoms with Crippen LogP contribution in [0.15, 0.2) is 34.7 Å². The molecule has 21 heavy (non-hydrogen) atoms. The fraction of sp³-hybridized carbons (Fsp3) is 0.200. The molecular weight excluding hydrogens is 272 g/mol. The topological polar surface area (TPSA) is 80.6 Å². The molecule has 6 heteroatoms. The number of fused-ring (bicyclic) bond motifs is 1. The summed E-state index contributed by atoms with van der Waals surface area (Å²) in [5, 5.41) is 5.49. The van der Waals surface area contributed by atoms with Crippen molar-refractivity contribution in [3.63, 3.8) is 0 Å². The highest BCUT2D eigenvalue weighted by Crippen LogP contribution is 2.26. The Morgan fingerprint density at radius 3 is 3.05 bits per heavy atom. The van der Waals surface area contributed by atoms with Crippen LogP contribution < -0.4 is 10.6 Å². The van der Waals surface area contributed by atoms with Crippen LogP contribution in [-0.4, -0.2) is 18.9 Å². The van der Waals surface area contributed by atoms with Crippen molar-refractivity contribution in [3.8, 4) is 0 Å². The Morgan fingerprint density at radius 2 is 2.24 bits per heavy atom. The number of methoxy groups -OCH3 is 1. The number of nitrogens with one attached hydrogen (secondary N) is 2. The van der Waals surface area contributed by atoms with Crippen LogP contribution in [0.4, 0.5) is 11.4 Å². The fourth-order valence-corrected chi connectivity index (χ4v) is 2.22. The minimum atomic E-state index is -0.338. The van der Waals surface area contributed by atoms with E-state index in [4.69, 9.17) is 9.15 Å². The summed E-state index contributed by atoms with van der Waals surface area (Å²) in [6.07, 6.45) is 0.331. The first kappa shape index (κ1) is 13.4. The standard InChI is InChI=1S/C15H14N2O4/c1-20-8-11-3-5-13(21-11)15(19)16-10-2-4-12-9(6-10)7-14(18)17-12/h2-6H,7-8H2,1H3,(H,16,19)(H,17,18). The van der Waals surface area contributed by atoms with E-state index in [0.717, 1.165) is 11.3 Å². The highest BCUT2D eigenvalue weighted by Gasteiger charge is 2.18. The van der Waals surface area contributed by atoms with Gasteiger partial charge in [-0.25, -0.2) is 0 Å². The minimum absolute atomic E-state index is 0.0382. The number of hydrogen-bond donors (Lipinski definition) is 2. The molecule has 1 aliphatic heterocycles. The van der Waals surface area contributed by atoms with Gasteiger partial charge < -0.3 is 19.8 Å². The van der Waals surface area contributed by atoms with Crippen molar-refractivity contribution in [1.29, 1.82) is 0 Å². The molecule has 108 valence electrons. The van der Waals surface area contributed by atoms with Crippen LogP contribution >= 0.6 is 0 Å². The summed E-state index contributed by atoms with van der Waals surface area (Å²) in [4.78, 5) is 23.4. The van der Waals surface area contributed by atoms with Gasteiger partial charge in [0.1, 0.15) is 12.4 Å². The van der Waals surface area contributed by atoms with Gasteiger partial charge in [-0.3, -0.25) is 9.59 Å². The molecule has 2 N–H and O–H groups in total. The second kappa shape index (κ2) is 5.41. The summed E-state index contributed by atoms with van der Waals surface area (Å²) >= 11 is 0. The van der Waals surface area contributed by atoms with E-state index in [2.05, 4.69) is 10.6 Å². The summed E-state index contributed by atoms with van der Waals surface area (Å²) in [6, 6.07) is 8.59. The smallest absolute Gasteiger partial charge is 0.291 e. The molecule has 0 atom stereocenters. The number of anilines is 2. The lowest BCUT2D eigenvalue weighted by molar-refractivity contribution is -0.115. The molecular formula is C15H14N2O4. The van der Waals surface area contributed by atoms with Gasteiger partial charge >= 0.3 is 0 Å². The number of ether oxygens (including phenoxy) is 1. The molecule has 0 unspecified atom stereocenters. The lowest BCUT2D eigenvalue weighted by atomic mass is 10.1. The molecule has 0 saturated carbocycles.